The summed E-state index contributed by atoms with van der Waals surface area (Å²) in [6.45, 7) is 0.700. The number of carbonyl (C=O) groups excluding carboxylic acids is 1. The maximum atomic E-state index is 11.3. The molecular formula is C8H12O2. The van der Waals surface area contributed by atoms with Gasteiger partial charge in [0.15, 0.2) is 5.78 Å². The predicted molar refractivity (Wildman–Crippen MR) is 36.8 cm³/mol. The smallest absolute Gasteiger partial charge is 0.167 e. The second-order valence-corrected chi connectivity index (χ2v) is 3.27. The lowest BCUT2D eigenvalue weighted by Crippen LogP contribution is -2.22. The van der Waals surface area contributed by atoms with Crippen LogP contribution in [0.4, 0.5) is 0 Å². The molecule has 1 saturated carbocycles. The Labute approximate surface area is 60.6 Å². The quantitative estimate of drug-likeness (QED) is 0.474. The summed E-state index contributed by atoms with van der Waals surface area (Å²) in [6, 6.07) is 0. The second kappa shape index (κ2) is 2.06. The molecule has 0 radical (unpaired) electrons. The minimum Gasteiger partial charge on any atom is -0.361 e. The Balaban J connectivity index is 2.09. The van der Waals surface area contributed by atoms with E-state index in [4.69, 9.17) is 4.74 Å². The number of epoxide rings is 1. The third kappa shape index (κ3) is 0.870. The number of hydrogen-bond donors (Lipinski definition) is 0. The zero-order chi connectivity index (χ0) is 7.03. The number of ketones is 1. The molecule has 2 aliphatic rings. The second-order valence-electron chi connectivity index (χ2n) is 3.27. The first-order chi connectivity index (χ1) is 4.83. The Kier molecular flexibility index (Phi) is 1.31. The monoisotopic (exact) mass is 140 g/mol. The van der Waals surface area contributed by atoms with Crippen LogP contribution < -0.4 is 0 Å². The summed E-state index contributed by atoms with van der Waals surface area (Å²) in [5.41, 5.74) is -0.267. The highest BCUT2D eigenvalue weighted by molar-refractivity contribution is 5.89. The van der Waals surface area contributed by atoms with Crippen LogP contribution in [-0.2, 0) is 9.53 Å². The van der Waals surface area contributed by atoms with Gasteiger partial charge in [0, 0.05) is 6.42 Å². The number of ether oxygens (including phenoxy) is 1. The van der Waals surface area contributed by atoms with Gasteiger partial charge < -0.3 is 4.74 Å². The lowest BCUT2D eigenvalue weighted by atomic mass is 10.0. The average molecular weight is 140 g/mol. The molecule has 1 aliphatic carbocycles. The van der Waals surface area contributed by atoms with Crippen LogP contribution in [0.1, 0.15) is 32.1 Å². The van der Waals surface area contributed by atoms with Crippen molar-refractivity contribution in [1.82, 2.24) is 0 Å². The van der Waals surface area contributed by atoms with E-state index in [1.165, 1.54) is 12.8 Å². The third-order valence-electron chi connectivity index (χ3n) is 2.49. The maximum Gasteiger partial charge on any atom is 0.167 e. The topological polar surface area (TPSA) is 29.6 Å². The maximum absolute atomic E-state index is 11.3. The van der Waals surface area contributed by atoms with E-state index in [9.17, 15) is 4.79 Å². The van der Waals surface area contributed by atoms with Crippen molar-refractivity contribution in [2.45, 2.75) is 37.7 Å². The summed E-state index contributed by atoms with van der Waals surface area (Å²) in [5.74, 6) is 0.352. The van der Waals surface area contributed by atoms with Crippen molar-refractivity contribution >= 4 is 5.78 Å². The van der Waals surface area contributed by atoms with Crippen molar-refractivity contribution < 1.29 is 9.53 Å². The van der Waals surface area contributed by atoms with Crippen LogP contribution in [0, 0.1) is 0 Å². The molecule has 0 aromatic rings. The summed E-state index contributed by atoms with van der Waals surface area (Å²) in [7, 11) is 0. The molecule has 2 rings (SSSR count). The molecule has 0 bridgehead atoms. The van der Waals surface area contributed by atoms with Gasteiger partial charge in [-0.3, -0.25) is 4.79 Å². The summed E-state index contributed by atoms with van der Waals surface area (Å²) in [4.78, 5) is 11.3. The fourth-order valence-electron chi connectivity index (χ4n) is 1.63. The Morgan fingerprint density at radius 3 is 2.80 bits per heavy atom. The highest BCUT2D eigenvalue weighted by atomic mass is 16.6. The average Bonchev–Trinajstić information content (AvgIpc) is 2.69. The molecule has 1 aliphatic heterocycles. The number of carbonyl (C=O) groups is 1. The van der Waals surface area contributed by atoms with Crippen molar-refractivity contribution in [3.8, 4) is 0 Å². The first-order valence-corrected chi connectivity index (χ1v) is 4.01. The van der Waals surface area contributed by atoms with Crippen LogP contribution >= 0.6 is 0 Å². The molecule has 2 heteroatoms. The molecule has 0 N–H and O–H groups in total. The van der Waals surface area contributed by atoms with E-state index in [0.29, 0.717) is 12.4 Å². The van der Waals surface area contributed by atoms with E-state index in [1.807, 2.05) is 0 Å². The van der Waals surface area contributed by atoms with E-state index >= 15 is 0 Å². The largest absolute Gasteiger partial charge is 0.361 e. The van der Waals surface area contributed by atoms with Crippen molar-refractivity contribution in [2.75, 3.05) is 6.61 Å². The highest BCUT2D eigenvalue weighted by Crippen LogP contribution is 2.37. The molecule has 56 valence electrons. The van der Waals surface area contributed by atoms with Gasteiger partial charge in [0.2, 0.25) is 0 Å². The third-order valence-corrected chi connectivity index (χ3v) is 2.49. The van der Waals surface area contributed by atoms with E-state index in [-0.39, 0.29) is 5.60 Å². The first kappa shape index (κ1) is 6.35. The summed E-state index contributed by atoms with van der Waals surface area (Å²) >= 11 is 0. The standard InChI is InChI=1S/C8H12O2/c9-7-4-2-1-3-5-8(7)6-10-8/h1-6H2/t8-/m1/s1. The zero-order valence-corrected chi connectivity index (χ0v) is 6.06. The fraction of sp³-hybridized carbons (Fsp3) is 0.875. The van der Waals surface area contributed by atoms with Gasteiger partial charge >= 0.3 is 0 Å². The molecule has 2 fully saturated rings. The molecule has 0 amide bonds. The lowest BCUT2D eigenvalue weighted by molar-refractivity contribution is -0.123. The molecule has 0 unspecified atom stereocenters. The Hall–Kier alpha value is -0.370. The van der Waals surface area contributed by atoms with E-state index in [0.717, 1.165) is 19.3 Å². The van der Waals surface area contributed by atoms with E-state index in [1.54, 1.807) is 0 Å². The van der Waals surface area contributed by atoms with E-state index < -0.39 is 0 Å². The van der Waals surface area contributed by atoms with Gasteiger partial charge in [-0.25, -0.2) is 0 Å². The molecular weight excluding hydrogens is 128 g/mol. The molecule has 1 heterocycles. The van der Waals surface area contributed by atoms with Crippen LogP contribution in [-0.4, -0.2) is 18.0 Å². The van der Waals surface area contributed by atoms with Gasteiger partial charge in [-0.2, -0.15) is 0 Å². The Morgan fingerprint density at radius 1 is 1.30 bits per heavy atom. The molecule has 1 spiro atoms. The molecule has 0 aromatic carbocycles. The normalized spacial score (nSPS) is 39.8. The van der Waals surface area contributed by atoms with Gasteiger partial charge in [0.25, 0.3) is 0 Å². The fourth-order valence-corrected chi connectivity index (χ4v) is 1.63. The van der Waals surface area contributed by atoms with Gasteiger partial charge in [-0.15, -0.1) is 0 Å². The summed E-state index contributed by atoms with van der Waals surface area (Å²) in [6.07, 6.45) is 5.18. The lowest BCUT2D eigenvalue weighted by Gasteiger charge is -2.03. The SMILES string of the molecule is O=C1CCCCC[C@@]12CO2. The van der Waals surface area contributed by atoms with Crippen molar-refractivity contribution in [3.05, 3.63) is 0 Å². The summed E-state index contributed by atoms with van der Waals surface area (Å²) in [5, 5.41) is 0. The van der Waals surface area contributed by atoms with Gasteiger partial charge in [0.1, 0.15) is 5.60 Å². The van der Waals surface area contributed by atoms with Crippen molar-refractivity contribution in [1.29, 1.82) is 0 Å². The van der Waals surface area contributed by atoms with Crippen molar-refractivity contribution in [2.24, 2.45) is 0 Å². The highest BCUT2D eigenvalue weighted by Gasteiger charge is 2.50. The van der Waals surface area contributed by atoms with Gasteiger partial charge in [0.05, 0.1) is 6.61 Å². The zero-order valence-electron chi connectivity index (χ0n) is 6.06. The molecule has 1 atom stereocenters. The number of rotatable bonds is 0. The van der Waals surface area contributed by atoms with Gasteiger partial charge in [-0.05, 0) is 12.8 Å². The number of Topliss-reactive ketones (excluding diaryl/α,β-unsaturated/α-hetero) is 1. The first-order valence-electron chi connectivity index (χ1n) is 4.01. The minimum atomic E-state index is -0.267. The van der Waals surface area contributed by atoms with E-state index in [2.05, 4.69) is 0 Å². The molecule has 0 aromatic heterocycles. The van der Waals surface area contributed by atoms with Crippen LogP contribution in [0.25, 0.3) is 0 Å². The Bertz CT molecular complexity index is 159. The predicted octanol–water partition coefficient (Wildman–Crippen LogP) is 1.29. The van der Waals surface area contributed by atoms with Crippen LogP contribution in [0.15, 0.2) is 0 Å². The number of hydrogen-bond acceptors (Lipinski definition) is 2. The van der Waals surface area contributed by atoms with Crippen molar-refractivity contribution in [3.63, 3.8) is 0 Å². The molecule has 10 heavy (non-hydrogen) atoms. The molecule has 1 saturated heterocycles. The molecule has 2 nitrogen and oxygen atoms in total. The van der Waals surface area contributed by atoms with Crippen LogP contribution in [0.5, 0.6) is 0 Å². The van der Waals surface area contributed by atoms with Crippen LogP contribution in [0.2, 0.25) is 0 Å². The Morgan fingerprint density at radius 2 is 2.10 bits per heavy atom. The summed E-state index contributed by atoms with van der Waals surface area (Å²) < 4.78 is 5.18. The minimum absolute atomic E-state index is 0.267. The van der Waals surface area contributed by atoms with Gasteiger partial charge in [-0.1, -0.05) is 12.8 Å². The van der Waals surface area contributed by atoms with Crippen LogP contribution in [0.3, 0.4) is 0 Å².